The van der Waals surface area contributed by atoms with Gasteiger partial charge in [-0.2, -0.15) is 5.26 Å². The summed E-state index contributed by atoms with van der Waals surface area (Å²) in [6, 6.07) is 14.3. The second-order valence-corrected chi connectivity index (χ2v) is 7.38. The Hall–Kier alpha value is -3.24. The minimum absolute atomic E-state index is 0.206. The Morgan fingerprint density at radius 2 is 2.04 bits per heavy atom. The maximum atomic E-state index is 14.7. The molecule has 1 aliphatic rings. The molecule has 28 heavy (non-hydrogen) atoms. The molecule has 4 rings (SSSR count). The predicted octanol–water partition coefficient (Wildman–Crippen LogP) is 5.03. The van der Waals surface area contributed by atoms with Gasteiger partial charge in [0.25, 0.3) is 0 Å². The van der Waals surface area contributed by atoms with Crippen LogP contribution in [0.25, 0.3) is 21.7 Å². The van der Waals surface area contributed by atoms with Crippen molar-refractivity contribution in [3.05, 3.63) is 59.4 Å². The first-order valence-electron chi connectivity index (χ1n) is 8.75. The Balaban J connectivity index is 1.57. The highest BCUT2D eigenvalue weighted by Gasteiger charge is 2.29. The molecule has 1 aliphatic heterocycles. The molecule has 1 aromatic heterocycles. The first-order valence-corrected chi connectivity index (χ1v) is 9.63. The second-order valence-electron chi connectivity index (χ2n) is 6.53. The van der Waals surface area contributed by atoms with Crippen molar-refractivity contribution >= 4 is 23.1 Å². The second kappa shape index (κ2) is 7.41. The fourth-order valence-corrected chi connectivity index (χ4v) is 3.94. The Morgan fingerprint density at radius 3 is 2.68 bits per heavy atom. The number of carbonyl (C=O) groups is 1. The molecule has 5 nitrogen and oxygen atoms in total. The lowest BCUT2D eigenvalue weighted by Crippen LogP contribution is -2.24. The molecule has 0 bridgehead atoms. The number of ether oxygens (including phenoxy) is 1. The van der Waals surface area contributed by atoms with Gasteiger partial charge in [0, 0.05) is 16.5 Å². The molecule has 3 aromatic rings. The van der Waals surface area contributed by atoms with Crippen LogP contribution in [0.15, 0.2) is 47.8 Å². The molecule has 7 heteroatoms. The van der Waals surface area contributed by atoms with Crippen molar-refractivity contribution in [3.63, 3.8) is 0 Å². The number of benzene rings is 2. The number of hydrogen-bond acceptors (Lipinski definition) is 5. The van der Waals surface area contributed by atoms with E-state index in [1.807, 2.05) is 29.6 Å². The van der Waals surface area contributed by atoms with Crippen LogP contribution in [-0.4, -0.2) is 23.7 Å². The van der Waals surface area contributed by atoms with E-state index in [0.29, 0.717) is 17.8 Å². The van der Waals surface area contributed by atoms with Crippen LogP contribution in [0.4, 0.5) is 14.9 Å². The molecule has 0 aliphatic carbocycles. The third kappa shape index (κ3) is 3.47. The van der Waals surface area contributed by atoms with Crippen molar-refractivity contribution in [1.29, 1.82) is 5.26 Å². The summed E-state index contributed by atoms with van der Waals surface area (Å²) in [5, 5.41) is 11.5. The van der Waals surface area contributed by atoms with Crippen LogP contribution in [0.2, 0.25) is 0 Å². The molecule has 2 aromatic carbocycles. The van der Waals surface area contributed by atoms with Crippen molar-refractivity contribution in [2.75, 3.05) is 11.4 Å². The van der Waals surface area contributed by atoms with E-state index in [1.165, 1.54) is 22.3 Å². The highest BCUT2D eigenvalue weighted by Crippen LogP contribution is 2.31. The summed E-state index contributed by atoms with van der Waals surface area (Å²) >= 11 is 1.48. The Bertz CT molecular complexity index is 1070. The predicted molar refractivity (Wildman–Crippen MR) is 106 cm³/mol. The standard InChI is InChI=1S/C21H16FN3O2S/c1-13-11-25(21(26)27-13)17-6-7-18(19(22)10-17)14-2-4-15(5-3-14)20-24-16(8-9-23)12-28-20/h2-7,10,12-13H,8,11H2,1H3/t13-/m0/s1. The van der Waals surface area contributed by atoms with Crippen molar-refractivity contribution in [2.24, 2.45) is 0 Å². The molecular formula is C21H16FN3O2S. The van der Waals surface area contributed by atoms with E-state index in [4.69, 9.17) is 10.00 Å². The maximum absolute atomic E-state index is 14.7. The molecule has 0 radical (unpaired) electrons. The van der Waals surface area contributed by atoms with E-state index in [9.17, 15) is 9.18 Å². The smallest absolute Gasteiger partial charge is 0.414 e. The lowest BCUT2D eigenvalue weighted by Gasteiger charge is -2.14. The summed E-state index contributed by atoms with van der Waals surface area (Å²) in [6.45, 7) is 2.21. The number of thiazole rings is 1. The number of amides is 1. The van der Waals surface area contributed by atoms with Gasteiger partial charge in [0.1, 0.15) is 16.9 Å². The topological polar surface area (TPSA) is 66.2 Å². The van der Waals surface area contributed by atoms with E-state index in [-0.39, 0.29) is 12.5 Å². The van der Waals surface area contributed by atoms with E-state index in [2.05, 4.69) is 11.1 Å². The van der Waals surface area contributed by atoms with Gasteiger partial charge in [-0.25, -0.2) is 14.2 Å². The monoisotopic (exact) mass is 393 g/mol. The normalized spacial score (nSPS) is 16.1. The number of halogens is 1. The highest BCUT2D eigenvalue weighted by molar-refractivity contribution is 7.13. The van der Waals surface area contributed by atoms with Crippen molar-refractivity contribution < 1.29 is 13.9 Å². The molecule has 140 valence electrons. The van der Waals surface area contributed by atoms with Crippen LogP contribution in [0.3, 0.4) is 0 Å². The average molecular weight is 393 g/mol. The zero-order valence-electron chi connectivity index (χ0n) is 15.1. The van der Waals surface area contributed by atoms with Gasteiger partial charge >= 0.3 is 6.09 Å². The van der Waals surface area contributed by atoms with Gasteiger partial charge in [0.15, 0.2) is 0 Å². The van der Waals surface area contributed by atoms with Gasteiger partial charge in [-0.3, -0.25) is 4.90 Å². The number of anilines is 1. The van der Waals surface area contributed by atoms with Crippen LogP contribution in [0.5, 0.6) is 0 Å². The van der Waals surface area contributed by atoms with Crippen molar-refractivity contribution in [3.8, 4) is 27.8 Å². The fraction of sp³-hybridized carbons (Fsp3) is 0.190. The summed E-state index contributed by atoms with van der Waals surface area (Å²) < 4.78 is 19.8. The SMILES string of the molecule is C[C@H]1CN(c2ccc(-c3ccc(-c4nc(CC#N)cs4)cc3)c(F)c2)C(=O)O1. The third-order valence-electron chi connectivity index (χ3n) is 4.48. The maximum Gasteiger partial charge on any atom is 0.414 e. The molecule has 0 saturated carbocycles. The fourth-order valence-electron chi connectivity index (χ4n) is 3.12. The number of nitriles is 1. The van der Waals surface area contributed by atoms with Crippen LogP contribution in [0, 0.1) is 17.1 Å². The quantitative estimate of drug-likeness (QED) is 0.624. The first kappa shape index (κ1) is 18.1. The van der Waals surface area contributed by atoms with Crippen LogP contribution >= 0.6 is 11.3 Å². The highest BCUT2D eigenvalue weighted by atomic mass is 32.1. The third-order valence-corrected chi connectivity index (χ3v) is 5.42. The van der Waals surface area contributed by atoms with Crippen LogP contribution < -0.4 is 4.90 Å². The van der Waals surface area contributed by atoms with Gasteiger partial charge in [-0.05, 0) is 30.7 Å². The molecule has 0 spiro atoms. The number of nitrogens with zero attached hydrogens (tertiary/aromatic N) is 3. The van der Waals surface area contributed by atoms with Gasteiger partial charge < -0.3 is 4.74 Å². The molecular weight excluding hydrogens is 377 g/mol. The number of carbonyl (C=O) groups excluding carboxylic acids is 1. The summed E-state index contributed by atoms with van der Waals surface area (Å²) in [6.07, 6.45) is -0.374. The Kier molecular flexibility index (Phi) is 4.80. The molecule has 1 fully saturated rings. The number of aromatic nitrogens is 1. The zero-order valence-corrected chi connectivity index (χ0v) is 15.9. The lowest BCUT2D eigenvalue weighted by atomic mass is 10.0. The Labute approximate surface area is 165 Å². The summed E-state index contributed by atoms with van der Waals surface area (Å²) in [5.41, 5.74) is 3.35. The largest absolute Gasteiger partial charge is 0.444 e. The number of hydrogen-bond donors (Lipinski definition) is 0. The molecule has 1 saturated heterocycles. The molecule has 0 unspecified atom stereocenters. The Morgan fingerprint density at radius 1 is 1.29 bits per heavy atom. The minimum atomic E-state index is -0.455. The summed E-state index contributed by atoms with van der Waals surface area (Å²) in [4.78, 5) is 17.7. The van der Waals surface area contributed by atoms with E-state index in [1.54, 1.807) is 19.1 Å². The van der Waals surface area contributed by atoms with Gasteiger partial charge in [-0.1, -0.05) is 24.3 Å². The lowest BCUT2D eigenvalue weighted by molar-refractivity contribution is 0.150. The van der Waals surface area contributed by atoms with Gasteiger partial charge in [-0.15, -0.1) is 11.3 Å². The molecule has 0 N–H and O–H groups in total. The summed E-state index contributed by atoms with van der Waals surface area (Å²) in [5.74, 6) is -0.400. The molecule has 2 heterocycles. The van der Waals surface area contributed by atoms with Crippen molar-refractivity contribution in [2.45, 2.75) is 19.4 Å². The van der Waals surface area contributed by atoms with Gasteiger partial charge in [0.05, 0.1) is 30.4 Å². The van der Waals surface area contributed by atoms with E-state index in [0.717, 1.165) is 21.8 Å². The zero-order chi connectivity index (χ0) is 19.7. The minimum Gasteiger partial charge on any atom is -0.444 e. The van der Waals surface area contributed by atoms with E-state index < -0.39 is 11.9 Å². The molecule has 1 amide bonds. The molecule has 1 atom stereocenters. The van der Waals surface area contributed by atoms with Gasteiger partial charge in [0.2, 0.25) is 0 Å². The average Bonchev–Trinajstić information content (AvgIpc) is 3.28. The number of cyclic esters (lactones) is 1. The van der Waals surface area contributed by atoms with E-state index >= 15 is 0 Å². The van der Waals surface area contributed by atoms with Crippen LogP contribution in [0.1, 0.15) is 12.6 Å². The first-order chi connectivity index (χ1) is 13.5. The summed E-state index contributed by atoms with van der Waals surface area (Å²) in [7, 11) is 0. The number of rotatable bonds is 4. The van der Waals surface area contributed by atoms with Crippen molar-refractivity contribution in [1.82, 2.24) is 4.98 Å². The van der Waals surface area contributed by atoms with Crippen LogP contribution in [-0.2, 0) is 11.2 Å².